The molecule has 0 radical (unpaired) electrons. The summed E-state index contributed by atoms with van der Waals surface area (Å²) in [6.07, 6.45) is 2.46. The van der Waals surface area contributed by atoms with Crippen LogP contribution in [0.2, 0.25) is 10.0 Å². The Morgan fingerprint density at radius 3 is 2.87 bits per heavy atom. The molecule has 0 unspecified atom stereocenters. The van der Waals surface area contributed by atoms with Gasteiger partial charge in [-0.3, -0.25) is 4.79 Å². The van der Waals surface area contributed by atoms with Crippen LogP contribution in [-0.4, -0.2) is 12.5 Å². The van der Waals surface area contributed by atoms with E-state index in [2.05, 4.69) is 11.9 Å². The van der Waals surface area contributed by atoms with Crippen molar-refractivity contribution in [2.75, 3.05) is 6.54 Å². The Hall–Kier alpha value is -0.990. The number of hydrogen-bond donors (Lipinski definition) is 1. The SMILES string of the molecule is C=CCCNC(=O)c1cccc(Cl)c1Cl. The summed E-state index contributed by atoms with van der Waals surface area (Å²) in [6.45, 7) is 4.11. The molecular weight excluding hydrogens is 233 g/mol. The monoisotopic (exact) mass is 243 g/mol. The quantitative estimate of drug-likeness (QED) is 0.639. The lowest BCUT2D eigenvalue weighted by molar-refractivity contribution is 0.0954. The number of nitrogens with one attached hydrogen (secondary N) is 1. The topological polar surface area (TPSA) is 29.1 Å². The van der Waals surface area contributed by atoms with E-state index in [1.165, 1.54) is 0 Å². The van der Waals surface area contributed by atoms with Crippen LogP contribution in [0.4, 0.5) is 0 Å². The van der Waals surface area contributed by atoms with Crippen LogP contribution >= 0.6 is 23.2 Å². The molecule has 1 N–H and O–H groups in total. The van der Waals surface area contributed by atoms with Gasteiger partial charge in [0, 0.05) is 6.54 Å². The second-order valence-electron chi connectivity index (χ2n) is 2.93. The average Bonchev–Trinajstić information content (AvgIpc) is 2.22. The maximum Gasteiger partial charge on any atom is 0.252 e. The van der Waals surface area contributed by atoms with Gasteiger partial charge in [-0.05, 0) is 18.6 Å². The van der Waals surface area contributed by atoms with Crippen LogP contribution in [0.15, 0.2) is 30.9 Å². The molecule has 0 atom stereocenters. The molecule has 2 nitrogen and oxygen atoms in total. The van der Waals surface area contributed by atoms with Crippen LogP contribution < -0.4 is 5.32 Å². The van der Waals surface area contributed by atoms with Crippen molar-refractivity contribution in [3.63, 3.8) is 0 Å². The van der Waals surface area contributed by atoms with E-state index < -0.39 is 0 Å². The van der Waals surface area contributed by atoms with Gasteiger partial charge < -0.3 is 5.32 Å². The average molecular weight is 244 g/mol. The van der Waals surface area contributed by atoms with E-state index >= 15 is 0 Å². The van der Waals surface area contributed by atoms with Gasteiger partial charge in [0.05, 0.1) is 15.6 Å². The highest BCUT2D eigenvalue weighted by Gasteiger charge is 2.11. The smallest absolute Gasteiger partial charge is 0.252 e. The van der Waals surface area contributed by atoms with Gasteiger partial charge in [-0.2, -0.15) is 0 Å². The second kappa shape index (κ2) is 5.79. The Morgan fingerprint density at radius 2 is 2.20 bits per heavy atom. The fourth-order valence-electron chi connectivity index (χ4n) is 1.06. The van der Waals surface area contributed by atoms with Crippen LogP contribution in [0.5, 0.6) is 0 Å². The number of halogens is 2. The first-order valence-corrected chi connectivity index (χ1v) is 5.25. The van der Waals surface area contributed by atoms with Crippen LogP contribution in [0.1, 0.15) is 16.8 Å². The first kappa shape index (κ1) is 12.1. The summed E-state index contributed by atoms with van der Waals surface area (Å²) < 4.78 is 0. The Kier molecular flexibility index (Phi) is 4.66. The molecule has 1 rings (SSSR count). The van der Waals surface area contributed by atoms with Crippen molar-refractivity contribution in [2.45, 2.75) is 6.42 Å². The number of benzene rings is 1. The Bertz CT molecular complexity index is 377. The van der Waals surface area contributed by atoms with Crippen LogP contribution in [0, 0.1) is 0 Å². The van der Waals surface area contributed by atoms with Crippen molar-refractivity contribution >= 4 is 29.1 Å². The summed E-state index contributed by atoms with van der Waals surface area (Å²) in [5.74, 6) is -0.218. The zero-order chi connectivity index (χ0) is 11.3. The molecular formula is C11H11Cl2NO. The number of carbonyl (C=O) groups excluding carboxylic acids is 1. The van der Waals surface area contributed by atoms with E-state index in [1.807, 2.05) is 0 Å². The van der Waals surface area contributed by atoms with E-state index in [9.17, 15) is 4.79 Å². The predicted molar refractivity (Wildman–Crippen MR) is 63.6 cm³/mol. The molecule has 4 heteroatoms. The summed E-state index contributed by atoms with van der Waals surface area (Å²) in [6, 6.07) is 4.97. The summed E-state index contributed by atoms with van der Waals surface area (Å²) in [5.41, 5.74) is 0.397. The van der Waals surface area contributed by atoms with Gasteiger partial charge in [-0.1, -0.05) is 35.3 Å². The second-order valence-corrected chi connectivity index (χ2v) is 3.72. The summed E-state index contributed by atoms with van der Waals surface area (Å²) in [5, 5.41) is 3.38. The van der Waals surface area contributed by atoms with Crippen molar-refractivity contribution in [2.24, 2.45) is 0 Å². The minimum Gasteiger partial charge on any atom is -0.352 e. The molecule has 0 aromatic heterocycles. The minimum atomic E-state index is -0.218. The molecule has 80 valence electrons. The molecule has 0 fully saturated rings. The fraction of sp³-hybridized carbons (Fsp3) is 0.182. The van der Waals surface area contributed by atoms with Gasteiger partial charge in [-0.25, -0.2) is 0 Å². The third-order valence-electron chi connectivity index (χ3n) is 1.83. The van der Waals surface area contributed by atoms with E-state index in [4.69, 9.17) is 23.2 Å². The highest BCUT2D eigenvalue weighted by Crippen LogP contribution is 2.25. The molecule has 0 spiro atoms. The summed E-state index contributed by atoms with van der Waals surface area (Å²) >= 11 is 11.7. The van der Waals surface area contributed by atoms with Gasteiger partial charge in [0.1, 0.15) is 0 Å². The third-order valence-corrected chi connectivity index (χ3v) is 2.65. The van der Waals surface area contributed by atoms with E-state index in [-0.39, 0.29) is 10.9 Å². The van der Waals surface area contributed by atoms with Crippen molar-refractivity contribution in [1.82, 2.24) is 5.32 Å². The largest absolute Gasteiger partial charge is 0.352 e. The molecule has 0 aliphatic heterocycles. The molecule has 0 saturated carbocycles. The predicted octanol–water partition coefficient (Wildman–Crippen LogP) is 3.30. The summed E-state index contributed by atoms with van der Waals surface area (Å²) in [7, 11) is 0. The molecule has 1 aromatic carbocycles. The molecule has 0 bridgehead atoms. The number of rotatable bonds is 4. The molecule has 15 heavy (non-hydrogen) atoms. The van der Waals surface area contributed by atoms with Gasteiger partial charge >= 0.3 is 0 Å². The highest BCUT2D eigenvalue weighted by atomic mass is 35.5. The van der Waals surface area contributed by atoms with E-state index in [1.54, 1.807) is 24.3 Å². The molecule has 0 saturated heterocycles. The van der Waals surface area contributed by atoms with Crippen molar-refractivity contribution in [3.8, 4) is 0 Å². The lowest BCUT2D eigenvalue weighted by Gasteiger charge is -2.06. The highest BCUT2D eigenvalue weighted by molar-refractivity contribution is 6.43. The number of hydrogen-bond acceptors (Lipinski definition) is 1. The Labute approximate surface area is 98.9 Å². The molecule has 0 aliphatic rings. The van der Waals surface area contributed by atoms with Gasteiger partial charge in [0.2, 0.25) is 0 Å². The van der Waals surface area contributed by atoms with Crippen molar-refractivity contribution in [3.05, 3.63) is 46.5 Å². The standard InChI is InChI=1S/C11H11Cl2NO/c1-2-3-7-14-11(15)8-5-4-6-9(12)10(8)13/h2,4-6H,1,3,7H2,(H,14,15). The number of amides is 1. The lowest BCUT2D eigenvalue weighted by atomic mass is 10.2. The first-order valence-electron chi connectivity index (χ1n) is 4.50. The third kappa shape index (κ3) is 3.26. The van der Waals surface area contributed by atoms with E-state index in [0.29, 0.717) is 17.1 Å². The Morgan fingerprint density at radius 1 is 1.47 bits per heavy atom. The van der Waals surface area contributed by atoms with Gasteiger partial charge in [0.15, 0.2) is 0 Å². The zero-order valence-corrected chi connectivity index (χ0v) is 9.61. The van der Waals surface area contributed by atoms with E-state index in [0.717, 1.165) is 6.42 Å². The molecule has 0 aliphatic carbocycles. The van der Waals surface area contributed by atoms with Crippen LogP contribution in [0.3, 0.4) is 0 Å². The first-order chi connectivity index (χ1) is 7.16. The van der Waals surface area contributed by atoms with Gasteiger partial charge in [0.25, 0.3) is 5.91 Å². The number of carbonyl (C=O) groups is 1. The van der Waals surface area contributed by atoms with Crippen molar-refractivity contribution < 1.29 is 4.79 Å². The van der Waals surface area contributed by atoms with Crippen molar-refractivity contribution in [1.29, 1.82) is 0 Å². The lowest BCUT2D eigenvalue weighted by Crippen LogP contribution is -2.24. The molecule has 0 heterocycles. The summed E-state index contributed by atoms with van der Waals surface area (Å²) in [4.78, 5) is 11.6. The van der Waals surface area contributed by atoms with Crippen LogP contribution in [0.25, 0.3) is 0 Å². The molecule has 1 aromatic rings. The zero-order valence-electron chi connectivity index (χ0n) is 8.09. The normalized spacial score (nSPS) is 9.73. The van der Waals surface area contributed by atoms with Crippen LogP contribution in [-0.2, 0) is 0 Å². The maximum atomic E-state index is 11.6. The van der Waals surface area contributed by atoms with Gasteiger partial charge in [-0.15, -0.1) is 6.58 Å². The molecule has 1 amide bonds. The fourth-order valence-corrected chi connectivity index (χ4v) is 1.45. The maximum absolute atomic E-state index is 11.6. The Balaban J connectivity index is 2.73. The minimum absolute atomic E-state index is 0.218.